The molecule has 3 heteroatoms. The summed E-state index contributed by atoms with van der Waals surface area (Å²) in [6.45, 7) is 0.699. The minimum Gasteiger partial charge on any atom is -0.279 e. The lowest BCUT2D eigenvalue weighted by Gasteiger charge is -1.86. The molecule has 2 nitrogen and oxygen atoms in total. The lowest BCUT2D eigenvalue weighted by atomic mass is 10.2. The monoisotopic (exact) mass is 220 g/mol. The maximum atomic E-state index is 8.62. The molecule has 0 unspecified atom stereocenters. The Morgan fingerprint density at radius 3 is 3.08 bits per heavy atom. The standard InChI is InChI=1S/C9H5BrN2/c10-8-5-12-9-3-6(4-11)1-2-7(8)9/h1-3H,5H2. The molecule has 0 radical (unpaired) electrons. The SMILES string of the molecule is N#Cc1ccc2c(c1)=NCC=2Br. The van der Waals surface area contributed by atoms with E-state index >= 15 is 0 Å². The van der Waals surface area contributed by atoms with Gasteiger partial charge in [0.25, 0.3) is 0 Å². The summed E-state index contributed by atoms with van der Waals surface area (Å²) in [6, 6.07) is 7.63. The summed E-state index contributed by atoms with van der Waals surface area (Å²) in [7, 11) is 0. The van der Waals surface area contributed by atoms with Crippen LogP contribution in [0.25, 0.3) is 4.48 Å². The minimum absolute atomic E-state index is 0.666. The predicted octanol–water partition coefficient (Wildman–Crippen LogP) is 0.695. The van der Waals surface area contributed by atoms with Crippen LogP contribution in [0.15, 0.2) is 23.2 Å². The quantitative estimate of drug-likeness (QED) is 0.635. The van der Waals surface area contributed by atoms with Crippen molar-refractivity contribution in [3.63, 3.8) is 0 Å². The third-order valence-electron chi connectivity index (χ3n) is 1.81. The Labute approximate surface area is 78.0 Å². The fourth-order valence-electron chi connectivity index (χ4n) is 1.20. The van der Waals surface area contributed by atoms with Gasteiger partial charge >= 0.3 is 0 Å². The fraction of sp³-hybridized carbons (Fsp3) is 0.111. The number of benzene rings is 1. The van der Waals surface area contributed by atoms with Crippen LogP contribution in [0.4, 0.5) is 0 Å². The van der Waals surface area contributed by atoms with Crippen molar-refractivity contribution in [1.29, 1.82) is 5.26 Å². The second-order valence-corrected chi connectivity index (χ2v) is 3.52. The van der Waals surface area contributed by atoms with Gasteiger partial charge in [0.2, 0.25) is 0 Å². The van der Waals surface area contributed by atoms with E-state index in [1.807, 2.05) is 12.1 Å². The Balaban J connectivity index is 2.83. The largest absolute Gasteiger partial charge is 0.279 e. The van der Waals surface area contributed by atoms with Crippen LogP contribution < -0.4 is 10.6 Å². The van der Waals surface area contributed by atoms with Crippen LogP contribution in [-0.2, 0) is 0 Å². The molecule has 1 aliphatic rings. The van der Waals surface area contributed by atoms with Crippen molar-refractivity contribution < 1.29 is 0 Å². The van der Waals surface area contributed by atoms with Crippen molar-refractivity contribution in [3.8, 4) is 6.07 Å². The van der Waals surface area contributed by atoms with E-state index in [0.717, 1.165) is 15.1 Å². The predicted molar refractivity (Wildman–Crippen MR) is 49.1 cm³/mol. The highest BCUT2D eigenvalue weighted by atomic mass is 79.9. The lowest BCUT2D eigenvalue weighted by Crippen LogP contribution is -2.21. The molecule has 0 atom stereocenters. The summed E-state index contributed by atoms with van der Waals surface area (Å²) >= 11 is 3.42. The summed E-state index contributed by atoms with van der Waals surface area (Å²) < 4.78 is 1.10. The molecule has 12 heavy (non-hydrogen) atoms. The topological polar surface area (TPSA) is 36.1 Å². The lowest BCUT2D eigenvalue weighted by molar-refractivity contribution is 1.22. The first-order valence-electron chi connectivity index (χ1n) is 3.54. The number of nitrogens with zero attached hydrogens (tertiary/aromatic N) is 2. The van der Waals surface area contributed by atoms with E-state index in [0.29, 0.717) is 12.1 Å². The van der Waals surface area contributed by atoms with Crippen LogP contribution in [0.5, 0.6) is 0 Å². The van der Waals surface area contributed by atoms with E-state index in [-0.39, 0.29) is 0 Å². The van der Waals surface area contributed by atoms with E-state index in [1.54, 1.807) is 6.07 Å². The average Bonchev–Trinajstić information content (AvgIpc) is 2.47. The van der Waals surface area contributed by atoms with E-state index in [1.165, 1.54) is 0 Å². The molecule has 2 rings (SSSR count). The van der Waals surface area contributed by atoms with Gasteiger partial charge in [-0.05, 0) is 12.1 Å². The van der Waals surface area contributed by atoms with E-state index in [9.17, 15) is 0 Å². The van der Waals surface area contributed by atoms with Crippen molar-refractivity contribution in [2.45, 2.75) is 0 Å². The maximum absolute atomic E-state index is 8.62. The molecular weight excluding hydrogens is 216 g/mol. The van der Waals surface area contributed by atoms with Gasteiger partial charge in [-0.2, -0.15) is 5.26 Å². The van der Waals surface area contributed by atoms with Crippen LogP contribution >= 0.6 is 15.9 Å². The van der Waals surface area contributed by atoms with Gasteiger partial charge in [0.1, 0.15) is 0 Å². The second kappa shape index (κ2) is 2.72. The van der Waals surface area contributed by atoms with Gasteiger partial charge in [0.05, 0.1) is 23.5 Å². The van der Waals surface area contributed by atoms with E-state index in [2.05, 4.69) is 27.0 Å². The average molecular weight is 221 g/mol. The molecule has 1 aliphatic heterocycles. The summed E-state index contributed by atoms with van der Waals surface area (Å²) in [5, 5.41) is 10.6. The van der Waals surface area contributed by atoms with Crippen LogP contribution in [0.2, 0.25) is 0 Å². The number of nitriles is 1. The zero-order valence-corrected chi connectivity index (χ0v) is 7.80. The Morgan fingerprint density at radius 2 is 2.33 bits per heavy atom. The van der Waals surface area contributed by atoms with Crippen LogP contribution in [0.1, 0.15) is 5.56 Å². The highest BCUT2D eigenvalue weighted by molar-refractivity contribution is 9.14. The molecule has 1 aromatic carbocycles. The summed E-state index contributed by atoms with van der Waals surface area (Å²) in [5.41, 5.74) is 0.666. The molecule has 1 heterocycles. The first-order valence-corrected chi connectivity index (χ1v) is 4.34. The first kappa shape index (κ1) is 7.51. The molecular formula is C9H5BrN2. The zero-order valence-electron chi connectivity index (χ0n) is 6.21. The van der Waals surface area contributed by atoms with Crippen molar-refractivity contribution in [3.05, 3.63) is 34.3 Å². The van der Waals surface area contributed by atoms with Crippen molar-refractivity contribution in [1.82, 2.24) is 0 Å². The normalized spacial score (nSPS) is 13.5. The third kappa shape index (κ3) is 1.05. The molecule has 58 valence electrons. The minimum atomic E-state index is 0.666. The highest BCUT2D eigenvalue weighted by Crippen LogP contribution is 2.05. The zero-order chi connectivity index (χ0) is 8.55. The van der Waals surface area contributed by atoms with Gasteiger partial charge in [0.15, 0.2) is 0 Å². The number of fused-ring (bicyclic) bond motifs is 1. The first-order chi connectivity index (χ1) is 5.81. The maximum Gasteiger partial charge on any atom is 0.0992 e. The highest BCUT2D eigenvalue weighted by Gasteiger charge is 2.02. The van der Waals surface area contributed by atoms with Gasteiger partial charge in [-0.3, -0.25) is 4.99 Å². The smallest absolute Gasteiger partial charge is 0.0992 e. The number of rotatable bonds is 0. The molecule has 0 saturated heterocycles. The van der Waals surface area contributed by atoms with Crippen molar-refractivity contribution >= 4 is 20.4 Å². The van der Waals surface area contributed by atoms with Crippen LogP contribution in [0.3, 0.4) is 0 Å². The third-order valence-corrected chi connectivity index (χ3v) is 2.49. The molecule has 1 aromatic rings. The Kier molecular flexibility index (Phi) is 1.70. The van der Waals surface area contributed by atoms with E-state index < -0.39 is 0 Å². The molecule has 0 bridgehead atoms. The number of halogens is 1. The number of hydrogen-bond donors (Lipinski definition) is 0. The molecule has 0 amide bonds. The molecule has 0 N–H and O–H groups in total. The van der Waals surface area contributed by atoms with Gasteiger partial charge < -0.3 is 0 Å². The molecule has 0 saturated carbocycles. The Bertz CT molecular complexity index is 482. The Hall–Kier alpha value is -1.14. The fourth-order valence-corrected chi connectivity index (χ4v) is 1.66. The van der Waals surface area contributed by atoms with Crippen molar-refractivity contribution in [2.75, 3.05) is 6.54 Å². The molecule has 0 spiro atoms. The molecule has 0 aromatic heterocycles. The van der Waals surface area contributed by atoms with E-state index in [4.69, 9.17) is 5.26 Å². The van der Waals surface area contributed by atoms with Crippen molar-refractivity contribution in [2.24, 2.45) is 4.99 Å². The summed E-state index contributed by atoms with van der Waals surface area (Å²) in [5.74, 6) is 0. The Morgan fingerprint density at radius 1 is 1.50 bits per heavy atom. The van der Waals surface area contributed by atoms with Gasteiger partial charge in [-0.1, -0.05) is 22.0 Å². The summed E-state index contributed by atoms with van der Waals surface area (Å²) in [4.78, 5) is 4.25. The summed E-state index contributed by atoms with van der Waals surface area (Å²) in [6.07, 6.45) is 0. The van der Waals surface area contributed by atoms with Crippen LogP contribution in [0, 0.1) is 11.3 Å². The molecule has 0 fully saturated rings. The second-order valence-electron chi connectivity index (χ2n) is 2.56. The number of hydrogen-bond acceptors (Lipinski definition) is 2. The van der Waals surface area contributed by atoms with Gasteiger partial charge in [-0.15, -0.1) is 0 Å². The van der Waals surface area contributed by atoms with Gasteiger partial charge in [0, 0.05) is 9.70 Å². The molecule has 0 aliphatic carbocycles. The van der Waals surface area contributed by atoms with Gasteiger partial charge in [-0.25, -0.2) is 0 Å². The van der Waals surface area contributed by atoms with Crippen LogP contribution in [-0.4, -0.2) is 6.54 Å².